The van der Waals surface area contributed by atoms with E-state index < -0.39 is 13.9 Å². The minimum Gasteiger partial charge on any atom is -0.756 e. The molecule has 8 nitrogen and oxygen atoms in total. The smallest absolute Gasteiger partial charge is 0.305 e. The summed E-state index contributed by atoms with van der Waals surface area (Å²) in [6, 6.07) is 0. The highest BCUT2D eigenvalue weighted by Crippen LogP contribution is 2.38. The lowest BCUT2D eigenvalue weighted by atomic mass is 10.1. The van der Waals surface area contributed by atoms with Crippen molar-refractivity contribution < 1.29 is 37.3 Å². The van der Waals surface area contributed by atoms with Crippen LogP contribution in [0.15, 0.2) is 36.6 Å². The Morgan fingerprint density at radius 3 is 1.63 bits per heavy atom. The monoisotopic (exact) mass is 714 g/mol. The summed E-state index contributed by atoms with van der Waals surface area (Å²) < 4.78 is 34.2. The van der Waals surface area contributed by atoms with E-state index in [0.29, 0.717) is 17.4 Å². The number of likely N-dealkylation sites (N-methyl/N-ethyl adjacent to an activating group) is 1. The lowest BCUT2D eigenvalue weighted by molar-refractivity contribution is -0.870. The molecule has 0 spiro atoms. The van der Waals surface area contributed by atoms with Crippen molar-refractivity contribution in [2.45, 2.75) is 168 Å². The lowest BCUT2D eigenvalue weighted by Crippen LogP contribution is -2.37. The first-order chi connectivity index (χ1) is 23.6. The molecule has 0 fully saturated rings. The predicted octanol–water partition coefficient (Wildman–Crippen LogP) is 10.8. The number of rotatable bonds is 36. The minimum absolute atomic E-state index is 0.0244. The first-order valence-corrected chi connectivity index (χ1v) is 21.2. The summed E-state index contributed by atoms with van der Waals surface area (Å²) in [5, 5.41) is 0. The van der Waals surface area contributed by atoms with E-state index in [1.165, 1.54) is 96.3 Å². The minimum atomic E-state index is -4.51. The molecule has 0 aliphatic carbocycles. The van der Waals surface area contributed by atoms with Gasteiger partial charge in [0.05, 0.1) is 34.0 Å². The van der Waals surface area contributed by atoms with Gasteiger partial charge in [-0.3, -0.25) is 9.36 Å². The van der Waals surface area contributed by atoms with Crippen molar-refractivity contribution in [3.05, 3.63) is 36.6 Å². The fraction of sp³-hybridized carbons (Fsp3) is 0.825. The molecule has 0 radical (unpaired) electrons. The van der Waals surface area contributed by atoms with Crippen LogP contribution in [0.25, 0.3) is 0 Å². The van der Waals surface area contributed by atoms with E-state index in [-0.39, 0.29) is 25.8 Å². The number of nitrogens with zero attached hydrogens (tertiary/aromatic N) is 1. The van der Waals surface area contributed by atoms with Crippen molar-refractivity contribution in [2.75, 3.05) is 47.5 Å². The van der Waals surface area contributed by atoms with Crippen molar-refractivity contribution in [2.24, 2.45) is 0 Å². The number of carbonyl (C=O) groups excluding carboxylic acids is 1. The summed E-state index contributed by atoms with van der Waals surface area (Å²) in [5.74, 6) is -0.306. The molecule has 288 valence electrons. The standard InChI is InChI=1S/C40H76NO7P/c1-6-8-10-12-14-16-18-19-20-21-22-24-26-28-30-32-35-45-39(38-48-49(43,44)47-36-34-41(3,4)5)37-46-40(42)33-31-29-27-25-23-17-15-13-11-9-7-2/h13,15-16,18,32,35,39H,6-12,14,17,19-31,33-34,36-38H2,1-5H3/b15-13-,18-16-,35-32-/t39-/m1/s1. The van der Waals surface area contributed by atoms with Crippen LogP contribution < -0.4 is 4.89 Å². The molecule has 0 saturated heterocycles. The van der Waals surface area contributed by atoms with Gasteiger partial charge in [-0.05, 0) is 70.3 Å². The molecule has 49 heavy (non-hydrogen) atoms. The maximum Gasteiger partial charge on any atom is 0.305 e. The molecular weight excluding hydrogens is 637 g/mol. The number of quaternary nitrogens is 1. The Morgan fingerprint density at radius 1 is 0.633 bits per heavy atom. The Bertz CT molecular complexity index is 884. The number of unbranched alkanes of at least 4 members (excludes halogenated alkanes) is 18. The normalized spacial score (nSPS) is 14.2. The summed E-state index contributed by atoms with van der Waals surface area (Å²) in [6.45, 7) is 4.63. The maximum absolute atomic E-state index is 12.4. The Morgan fingerprint density at radius 2 is 1.10 bits per heavy atom. The Labute approximate surface area is 302 Å². The van der Waals surface area contributed by atoms with Crippen LogP contribution in [-0.2, 0) is 27.9 Å². The average molecular weight is 714 g/mol. The van der Waals surface area contributed by atoms with E-state index in [1.54, 1.807) is 6.26 Å². The number of phosphoric ester groups is 1. The van der Waals surface area contributed by atoms with Crippen LogP contribution in [-0.4, -0.2) is 64.1 Å². The van der Waals surface area contributed by atoms with E-state index in [0.717, 1.165) is 44.9 Å². The third kappa shape index (κ3) is 37.6. The molecule has 0 rings (SSSR count). The van der Waals surface area contributed by atoms with Gasteiger partial charge >= 0.3 is 5.97 Å². The molecule has 0 amide bonds. The number of hydrogen-bond donors (Lipinski definition) is 0. The SMILES string of the molecule is CCCC/C=C\CCCCCCCC(=O)OC[C@H](COP(=O)([O-])OCC[N+](C)(C)C)O/C=C\CCCCCCCC/C=C\CCCCCC. The van der Waals surface area contributed by atoms with Crippen LogP contribution >= 0.6 is 7.82 Å². The van der Waals surface area contributed by atoms with Crippen LogP contribution in [0, 0.1) is 0 Å². The van der Waals surface area contributed by atoms with Gasteiger partial charge in [0, 0.05) is 6.42 Å². The molecule has 0 aromatic rings. The van der Waals surface area contributed by atoms with Gasteiger partial charge in [0.2, 0.25) is 0 Å². The molecule has 0 aromatic heterocycles. The van der Waals surface area contributed by atoms with Crippen molar-refractivity contribution in [1.29, 1.82) is 0 Å². The van der Waals surface area contributed by atoms with E-state index in [1.807, 2.05) is 27.2 Å². The maximum atomic E-state index is 12.4. The summed E-state index contributed by atoms with van der Waals surface area (Å²) >= 11 is 0. The molecule has 0 aliphatic heterocycles. The molecule has 0 bridgehead atoms. The zero-order chi connectivity index (χ0) is 36.3. The summed E-state index contributed by atoms with van der Waals surface area (Å²) in [4.78, 5) is 24.7. The summed E-state index contributed by atoms with van der Waals surface area (Å²) in [7, 11) is 1.35. The number of hydrogen-bond acceptors (Lipinski definition) is 7. The Hall–Kier alpha value is -1.44. The summed E-state index contributed by atoms with van der Waals surface area (Å²) in [5.41, 5.74) is 0. The molecule has 0 aromatic carbocycles. The first-order valence-electron chi connectivity index (χ1n) is 19.8. The van der Waals surface area contributed by atoms with E-state index >= 15 is 0 Å². The third-order valence-corrected chi connectivity index (χ3v) is 9.22. The Balaban J connectivity index is 4.36. The number of phosphoric acid groups is 1. The summed E-state index contributed by atoms with van der Waals surface area (Å²) in [6.07, 6.45) is 38.2. The highest BCUT2D eigenvalue weighted by atomic mass is 31.2. The number of allylic oxidation sites excluding steroid dienone is 5. The van der Waals surface area contributed by atoms with Gasteiger partial charge in [-0.15, -0.1) is 0 Å². The van der Waals surface area contributed by atoms with Crippen molar-refractivity contribution in [3.63, 3.8) is 0 Å². The average Bonchev–Trinajstić information content (AvgIpc) is 3.05. The van der Waals surface area contributed by atoms with Crippen LogP contribution in [0.1, 0.15) is 162 Å². The van der Waals surface area contributed by atoms with Crippen LogP contribution in [0.3, 0.4) is 0 Å². The molecule has 1 unspecified atom stereocenters. The van der Waals surface area contributed by atoms with Crippen molar-refractivity contribution in [3.8, 4) is 0 Å². The zero-order valence-electron chi connectivity index (χ0n) is 32.4. The topological polar surface area (TPSA) is 94.1 Å². The van der Waals surface area contributed by atoms with Gasteiger partial charge in [0.1, 0.15) is 19.8 Å². The largest absolute Gasteiger partial charge is 0.756 e. The fourth-order valence-electron chi connectivity index (χ4n) is 5.03. The fourth-order valence-corrected chi connectivity index (χ4v) is 5.76. The molecule has 0 aliphatic rings. The lowest BCUT2D eigenvalue weighted by Gasteiger charge is -2.28. The molecule has 0 heterocycles. The highest BCUT2D eigenvalue weighted by Gasteiger charge is 2.19. The van der Waals surface area contributed by atoms with E-state index in [2.05, 4.69) is 38.2 Å². The van der Waals surface area contributed by atoms with Gasteiger partial charge in [-0.1, -0.05) is 115 Å². The van der Waals surface area contributed by atoms with Crippen molar-refractivity contribution >= 4 is 13.8 Å². The van der Waals surface area contributed by atoms with Gasteiger partial charge in [-0.2, -0.15) is 0 Å². The second kappa shape index (κ2) is 33.7. The van der Waals surface area contributed by atoms with E-state index in [4.69, 9.17) is 18.5 Å². The molecule has 0 N–H and O–H groups in total. The third-order valence-electron chi connectivity index (χ3n) is 8.25. The van der Waals surface area contributed by atoms with Crippen LogP contribution in [0.5, 0.6) is 0 Å². The van der Waals surface area contributed by atoms with Gasteiger partial charge in [0.15, 0.2) is 6.10 Å². The molecule has 2 atom stereocenters. The van der Waals surface area contributed by atoms with E-state index in [9.17, 15) is 14.3 Å². The zero-order valence-corrected chi connectivity index (χ0v) is 33.3. The second-order valence-electron chi connectivity index (χ2n) is 14.3. The van der Waals surface area contributed by atoms with Crippen molar-refractivity contribution in [1.82, 2.24) is 0 Å². The first kappa shape index (κ1) is 47.6. The number of carbonyl (C=O) groups is 1. The molecule has 9 heteroatoms. The predicted molar refractivity (Wildman–Crippen MR) is 203 cm³/mol. The number of ether oxygens (including phenoxy) is 2. The van der Waals surface area contributed by atoms with Gasteiger partial charge < -0.3 is 27.9 Å². The van der Waals surface area contributed by atoms with Gasteiger partial charge in [0.25, 0.3) is 7.82 Å². The highest BCUT2D eigenvalue weighted by molar-refractivity contribution is 7.45. The Kier molecular flexibility index (Phi) is 32.7. The van der Waals surface area contributed by atoms with Gasteiger partial charge in [-0.25, -0.2) is 0 Å². The van der Waals surface area contributed by atoms with Crippen LogP contribution in [0.2, 0.25) is 0 Å². The second-order valence-corrected chi connectivity index (χ2v) is 15.8. The quantitative estimate of drug-likeness (QED) is 0.0159. The number of esters is 1. The van der Waals surface area contributed by atoms with Crippen LogP contribution in [0.4, 0.5) is 0 Å². The molecular formula is C40H76NO7P. The molecule has 0 saturated carbocycles.